The maximum atomic E-state index is 11.2. The predicted molar refractivity (Wildman–Crippen MR) is 78.4 cm³/mol. The lowest BCUT2D eigenvalue weighted by Gasteiger charge is -2.28. The van der Waals surface area contributed by atoms with Crippen molar-refractivity contribution in [1.29, 1.82) is 0 Å². The number of nitro groups is 2. The first-order valence-electron chi connectivity index (χ1n) is 5.96. The fourth-order valence-corrected chi connectivity index (χ4v) is 3.45. The van der Waals surface area contributed by atoms with Crippen molar-refractivity contribution in [2.45, 2.75) is 9.79 Å². The Labute approximate surface area is 123 Å². The van der Waals surface area contributed by atoms with Crippen molar-refractivity contribution < 1.29 is 9.85 Å². The van der Waals surface area contributed by atoms with Crippen LogP contribution in [-0.4, -0.2) is 16.9 Å². The van der Waals surface area contributed by atoms with Crippen LogP contribution in [-0.2, 0) is 0 Å². The van der Waals surface area contributed by atoms with Gasteiger partial charge in [0.15, 0.2) is 0 Å². The second kappa shape index (κ2) is 4.74. The van der Waals surface area contributed by atoms with Crippen LogP contribution in [0.4, 0.5) is 22.7 Å². The molecule has 0 N–H and O–H groups in total. The summed E-state index contributed by atoms with van der Waals surface area (Å²) < 4.78 is 0. The summed E-state index contributed by atoms with van der Waals surface area (Å²) in [6.07, 6.45) is 0. The van der Waals surface area contributed by atoms with E-state index < -0.39 is 9.85 Å². The molecule has 3 rings (SSSR count). The molecule has 0 saturated carbocycles. The number of nitro benzene ring substituents is 2. The van der Waals surface area contributed by atoms with Gasteiger partial charge in [0.25, 0.3) is 11.4 Å². The molecule has 1 aliphatic heterocycles. The number of hydrogen-bond donors (Lipinski definition) is 0. The Morgan fingerprint density at radius 3 is 2.43 bits per heavy atom. The van der Waals surface area contributed by atoms with Gasteiger partial charge in [0.05, 0.1) is 27.3 Å². The fourth-order valence-electron chi connectivity index (χ4n) is 2.24. The molecule has 2 aromatic carbocycles. The van der Waals surface area contributed by atoms with Gasteiger partial charge in [-0.05, 0) is 12.1 Å². The summed E-state index contributed by atoms with van der Waals surface area (Å²) in [5.74, 6) is 0. The highest BCUT2D eigenvalue weighted by Gasteiger charge is 2.31. The molecule has 1 heterocycles. The summed E-state index contributed by atoms with van der Waals surface area (Å²) in [7, 11) is 1.74. The third-order valence-electron chi connectivity index (χ3n) is 3.24. The molecule has 8 heteroatoms. The van der Waals surface area contributed by atoms with E-state index in [0.29, 0.717) is 10.6 Å². The summed E-state index contributed by atoms with van der Waals surface area (Å²) in [6, 6.07) is 9.81. The van der Waals surface area contributed by atoms with Crippen LogP contribution in [0.25, 0.3) is 0 Å². The van der Waals surface area contributed by atoms with Gasteiger partial charge in [-0.1, -0.05) is 23.9 Å². The number of rotatable bonds is 2. The van der Waals surface area contributed by atoms with Crippen molar-refractivity contribution in [3.63, 3.8) is 0 Å². The number of fused-ring (bicyclic) bond motifs is 2. The molecular weight excluding hydrogens is 294 g/mol. The van der Waals surface area contributed by atoms with Gasteiger partial charge in [0, 0.05) is 18.0 Å². The zero-order valence-electron chi connectivity index (χ0n) is 10.8. The van der Waals surface area contributed by atoms with Gasteiger partial charge in [-0.2, -0.15) is 0 Å². The van der Waals surface area contributed by atoms with Crippen LogP contribution in [0.15, 0.2) is 46.2 Å². The topological polar surface area (TPSA) is 89.5 Å². The van der Waals surface area contributed by atoms with E-state index in [1.165, 1.54) is 17.8 Å². The van der Waals surface area contributed by atoms with Gasteiger partial charge in [-0.3, -0.25) is 20.2 Å². The Morgan fingerprint density at radius 1 is 1.05 bits per heavy atom. The maximum Gasteiger partial charge on any atom is 0.292 e. The quantitative estimate of drug-likeness (QED) is 0.620. The average Bonchev–Trinajstić information content (AvgIpc) is 2.46. The van der Waals surface area contributed by atoms with Gasteiger partial charge in [-0.25, -0.2) is 0 Å². The van der Waals surface area contributed by atoms with Gasteiger partial charge in [0.1, 0.15) is 4.90 Å². The molecule has 1 aliphatic rings. The molecule has 0 radical (unpaired) electrons. The molecule has 0 fully saturated rings. The Balaban J connectivity index is 2.26. The van der Waals surface area contributed by atoms with Crippen molar-refractivity contribution in [2.75, 3.05) is 11.9 Å². The summed E-state index contributed by atoms with van der Waals surface area (Å²) >= 11 is 1.26. The molecule has 0 aromatic heterocycles. The molecular formula is C13H9N3O4S. The first-order valence-corrected chi connectivity index (χ1v) is 6.78. The Bertz CT molecular complexity index is 778. The predicted octanol–water partition coefficient (Wildman–Crippen LogP) is 3.74. The molecule has 106 valence electrons. The molecule has 7 nitrogen and oxygen atoms in total. The van der Waals surface area contributed by atoms with Crippen LogP contribution in [0.5, 0.6) is 0 Å². The minimum absolute atomic E-state index is 0.245. The largest absolute Gasteiger partial charge is 0.342 e. The molecule has 0 bridgehead atoms. The monoisotopic (exact) mass is 303 g/mol. The second-order valence-electron chi connectivity index (χ2n) is 4.46. The smallest absolute Gasteiger partial charge is 0.292 e. The van der Waals surface area contributed by atoms with E-state index in [1.54, 1.807) is 11.9 Å². The standard InChI is InChI=1S/C13H9N3O4S/c1-14-9-4-2-3-5-12(9)21-13-10(14)6-8(15(17)18)7-11(13)16(19)20/h2-7H,1H3. The Kier molecular flexibility index (Phi) is 3.02. The van der Waals surface area contributed by atoms with Gasteiger partial charge >= 0.3 is 0 Å². The highest BCUT2D eigenvalue weighted by atomic mass is 32.2. The maximum absolute atomic E-state index is 11.2. The van der Waals surface area contributed by atoms with E-state index in [-0.39, 0.29) is 11.4 Å². The normalized spacial score (nSPS) is 12.5. The van der Waals surface area contributed by atoms with Crippen molar-refractivity contribution in [1.82, 2.24) is 0 Å². The van der Waals surface area contributed by atoms with E-state index >= 15 is 0 Å². The summed E-state index contributed by atoms with van der Waals surface area (Å²) in [5.41, 5.74) is 0.808. The van der Waals surface area contributed by atoms with Gasteiger partial charge in [-0.15, -0.1) is 0 Å². The van der Waals surface area contributed by atoms with Crippen molar-refractivity contribution in [2.24, 2.45) is 0 Å². The first-order chi connectivity index (χ1) is 9.99. The van der Waals surface area contributed by atoms with Gasteiger partial charge < -0.3 is 4.90 Å². The van der Waals surface area contributed by atoms with Crippen LogP contribution < -0.4 is 4.90 Å². The highest BCUT2D eigenvalue weighted by molar-refractivity contribution is 8.00. The minimum atomic E-state index is -0.619. The van der Waals surface area contributed by atoms with E-state index in [2.05, 4.69) is 0 Å². The molecule has 0 atom stereocenters. The van der Waals surface area contributed by atoms with E-state index in [4.69, 9.17) is 0 Å². The molecule has 0 saturated heterocycles. The average molecular weight is 303 g/mol. The number of non-ortho nitro benzene ring substituents is 1. The number of anilines is 2. The summed E-state index contributed by atoms with van der Waals surface area (Å²) in [4.78, 5) is 24.0. The number of nitrogens with zero attached hydrogens (tertiary/aromatic N) is 3. The summed E-state index contributed by atoms with van der Waals surface area (Å²) in [6.45, 7) is 0. The number of benzene rings is 2. The highest BCUT2D eigenvalue weighted by Crippen LogP contribution is 2.52. The second-order valence-corrected chi connectivity index (χ2v) is 5.51. The lowest BCUT2D eigenvalue weighted by molar-refractivity contribution is -0.395. The van der Waals surface area contributed by atoms with E-state index in [9.17, 15) is 20.2 Å². The lowest BCUT2D eigenvalue weighted by atomic mass is 10.2. The van der Waals surface area contributed by atoms with Gasteiger partial charge in [0.2, 0.25) is 0 Å². The fraction of sp³-hybridized carbons (Fsp3) is 0.0769. The van der Waals surface area contributed by atoms with Crippen LogP contribution >= 0.6 is 11.8 Å². The van der Waals surface area contributed by atoms with Crippen LogP contribution in [0.1, 0.15) is 0 Å². The molecule has 0 aliphatic carbocycles. The Hall–Kier alpha value is -2.61. The SMILES string of the molecule is CN1c2ccccc2Sc2c1cc([N+](=O)[O-])cc2[N+](=O)[O-]. The van der Waals surface area contributed by atoms with Crippen LogP contribution in [0, 0.1) is 20.2 Å². The van der Waals surface area contributed by atoms with Crippen LogP contribution in [0.2, 0.25) is 0 Å². The third kappa shape index (κ3) is 2.09. The molecule has 0 spiro atoms. The Morgan fingerprint density at radius 2 is 1.76 bits per heavy atom. The number of para-hydroxylation sites is 1. The number of hydrogen-bond acceptors (Lipinski definition) is 6. The molecule has 0 unspecified atom stereocenters. The summed E-state index contributed by atoms with van der Waals surface area (Å²) in [5, 5.41) is 22.2. The minimum Gasteiger partial charge on any atom is -0.342 e. The molecule has 2 aromatic rings. The van der Waals surface area contributed by atoms with Crippen LogP contribution in [0.3, 0.4) is 0 Å². The molecule has 0 amide bonds. The third-order valence-corrected chi connectivity index (χ3v) is 4.43. The first kappa shape index (κ1) is 13.4. The van der Waals surface area contributed by atoms with Crippen molar-refractivity contribution in [3.8, 4) is 0 Å². The molecule has 21 heavy (non-hydrogen) atoms. The van der Waals surface area contributed by atoms with Crippen molar-refractivity contribution >= 4 is 34.5 Å². The van der Waals surface area contributed by atoms with Crippen molar-refractivity contribution in [3.05, 3.63) is 56.6 Å². The van der Waals surface area contributed by atoms with E-state index in [1.807, 2.05) is 24.3 Å². The lowest BCUT2D eigenvalue weighted by Crippen LogP contribution is -2.15. The zero-order valence-corrected chi connectivity index (χ0v) is 11.7. The zero-order chi connectivity index (χ0) is 15.1. The van der Waals surface area contributed by atoms with E-state index in [0.717, 1.165) is 16.6 Å².